The Kier molecular flexibility index (Phi) is 4.39. The molecule has 2 unspecified atom stereocenters. The van der Waals surface area contributed by atoms with Crippen LogP contribution in [0.4, 0.5) is 0 Å². The molecule has 0 amide bonds. The van der Waals surface area contributed by atoms with Crippen LogP contribution in [0.3, 0.4) is 0 Å². The molecular weight excluding hydrogens is 172 g/mol. The van der Waals surface area contributed by atoms with Gasteiger partial charge >= 0.3 is 0 Å². The van der Waals surface area contributed by atoms with Gasteiger partial charge in [0.2, 0.25) is 0 Å². The van der Waals surface area contributed by atoms with Crippen LogP contribution < -0.4 is 5.32 Å². The van der Waals surface area contributed by atoms with Crippen molar-refractivity contribution in [1.82, 2.24) is 10.2 Å². The average molecular weight is 198 g/mol. The normalized spacial score (nSPS) is 33.6. The van der Waals surface area contributed by atoms with Gasteiger partial charge in [-0.3, -0.25) is 0 Å². The topological polar surface area (TPSA) is 15.3 Å². The van der Waals surface area contributed by atoms with E-state index >= 15 is 0 Å². The average Bonchev–Trinajstić information content (AvgIpc) is 2.14. The molecule has 2 heteroatoms. The summed E-state index contributed by atoms with van der Waals surface area (Å²) in [5.74, 6) is 0.893. The van der Waals surface area contributed by atoms with Crippen molar-refractivity contribution in [3.63, 3.8) is 0 Å². The lowest BCUT2D eigenvalue weighted by Crippen LogP contribution is -2.54. The number of hydrogen-bond acceptors (Lipinski definition) is 2. The van der Waals surface area contributed by atoms with Gasteiger partial charge in [0.25, 0.3) is 0 Å². The fourth-order valence-corrected chi connectivity index (χ4v) is 2.71. The first kappa shape index (κ1) is 12.0. The highest BCUT2D eigenvalue weighted by Gasteiger charge is 2.36. The van der Waals surface area contributed by atoms with Crippen molar-refractivity contribution >= 4 is 0 Å². The molecule has 1 aliphatic carbocycles. The van der Waals surface area contributed by atoms with Crippen molar-refractivity contribution < 1.29 is 0 Å². The van der Waals surface area contributed by atoms with Gasteiger partial charge in [0, 0.05) is 12.1 Å². The Labute approximate surface area is 89.1 Å². The molecule has 0 saturated heterocycles. The van der Waals surface area contributed by atoms with Gasteiger partial charge in [-0.15, -0.1) is 0 Å². The Hall–Kier alpha value is -0.0800. The highest BCUT2D eigenvalue weighted by atomic mass is 15.2. The van der Waals surface area contributed by atoms with Crippen molar-refractivity contribution in [2.75, 3.05) is 27.2 Å². The van der Waals surface area contributed by atoms with Crippen LogP contribution in [0, 0.1) is 5.92 Å². The van der Waals surface area contributed by atoms with Crippen LogP contribution >= 0.6 is 0 Å². The first-order valence-electron chi connectivity index (χ1n) is 5.99. The summed E-state index contributed by atoms with van der Waals surface area (Å²) in [5.41, 5.74) is 0.424. The Bertz CT molecular complexity index is 168. The van der Waals surface area contributed by atoms with E-state index in [9.17, 15) is 0 Å². The molecule has 1 rings (SSSR count). The second-order valence-electron chi connectivity index (χ2n) is 5.10. The molecule has 0 spiro atoms. The van der Waals surface area contributed by atoms with E-state index in [1.165, 1.54) is 25.7 Å². The number of rotatable bonds is 4. The monoisotopic (exact) mass is 198 g/mol. The largest absolute Gasteiger partial charge is 0.315 e. The third kappa shape index (κ3) is 2.71. The van der Waals surface area contributed by atoms with E-state index in [1.807, 2.05) is 0 Å². The minimum Gasteiger partial charge on any atom is -0.315 e. The Morgan fingerprint density at radius 3 is 2.64 bits per heavy atom. The minimum atomic E-state index is 0.424. The zero-order valence-electron chi connectivity index (χ0n) is 10.3. The van der Waals surface area contributed by atoms with Gasteiger partial charge in [-0.05, 0) is 39.4 Å². The second-order valence-corrected chi connectivity index (χ2v) is 5.10. The molecule has 0 aliphatic heterocycles. The summed E-state index contributed by atoms with van der Waals surface area (Å²) in [6.07, 6.45) is 5.52. The number of nitrogens with zero attached hydrogens (tertiary/aromatic N) is 1. The SMILES string of the molecule is CCNCC1(N(C)C)CCCC(C)C1. The summed E-state index contributed by atoms with van der Waals surface area (Å²) in [4.78, 5) is 2.44. The Balaban J connectivity index is 2.60. The molecule has 0 bridgehead atoms. The molecule has 1 saturated carbocycles. The fourth-order valence-electron chi connectivity index (χ4n) is 2.71. The van der Waals surface area contributed by atoms with E-state index in [0.717, 1.165) is 19.0 Å². The van der Waals surface area contributed by atoms with Gasteiger partial charge < -0.3 is 10.2 Å². The maximum absolute atomic E-state index is 3.52. The van der Waals surface area contributed by atoms with Crippen LogP contribution in [0.1, 0.15) is 39.5 Å². The zero-order valence-corrected chi connectivity index (χ0v) is 10.3. The van der Waals surface area contributed by atoms with Crippen LogP contribution in [-0.2, 0) is 0 Å². The molecular formula is C12H26N2. The molecule has 0 heterocycles. The smallest absolute Gasteiger partial charge is 0.0330 e. The van der Waals surface area contributed by atoms with E-state index in [-0.39, 0.29) is 0 Å². The predicted molar refractivity (Wildman–Crippen MR) is 62.6 cm³/mol. The summed E-state index contributed by atoms with van der Waals surface area (Å²) in [6, 6.07) is 0. The standard InChI is InChI=1S/C12H26N2/c1-5-13-10-12(14(3)4)8-6-7-11(2)9-12/h11,13H,5-10H2,1-4H3. The highest BCUT2D eigenvalue weighted by Crippen LogP contribution is 2.35. The maximum atomic E-state index is 3.52. The second kappa shape index (κ2) is 5.13. The molecule has 1 aliphatic rings. The van der Waals surface area contributed by atoms with Gasteiger partial charge in [-0.2, -0.15) is 0 Å². The van der Waals surface area contributed by atoms with Crippen LogP contribution in [0.25, 0.3) is 0 Å². The van der Waals surface area contributed by atoms with E-state index in [0.29, 0.717) is 5.54 Å². The third-order valence-electron chi connectivity index (χ3n) is 3.72. The minimum absolute atomic E-state index is 0.424. The van der Waals surface area contributed by atoms with E-state index < -0.39 is 0 Å². The van der Waals surface area contributed by atoms with E-state index in [2.05, 4.69) is 38.2 Å². The summed E-state index contributed by atoms with van der Waals surface area (Å²) < 4.78 is 0. The predicted octanol–water partition coefficient (Wildman–Crippen LogP) is 2.11. The maximum Gasteiger partial charge on any atom is 0.0330 e. The van der Waals surface area contributed by atoms with Gasteiger partial charge in [-0.1, -0.05) is 26.7 Å². The number of nitrogens with one attached hydrogen (secondary N) is 1. The summed E-state index contributed by atoms with van der Waals surface area (Å²) >= 11 is 0. The summed E-state index contributed by atoms with van der Waals surface area (Å²) in [5, 5.41) is 3.52. The number of hydrogen-bond donors (Lipinski definition) is 1. The van der Waals surface area contributed by atoms with Gasteiger partial charge in [0.05, 0.1) is 0 Å². The lowest BCUT2D eigenvalue weighted by molar-refractivity contribution is 0.0758. The van der Waals surface area contributed by atoms with Crippen molar-refractivity contribution in [3.05, 3.63) is 0 Å². The summed E-state index contributed by atoms with van der Waals surface area (Å²) in [7, 11) is 4.46. The van der Waals surface area contributed by atoms with Crippen LogP contribution in [0.5, 0.6) is 0 Å². The first-order valence-corrected chi connectivity index (χ1v) is 5.99. The van der Waals surface area contributed by atoms with Crippen LogP contribution in [-0.4, -0.2) is 37.6 Å². The van der Waals surface area contributed by atoms with Crippen LogP contribution in [0.2, 0.25) is 0 Å². The molecule has 1 fully saturated rings. The summed E-state index contributed by atoms with van der Waals surface area (Å²) in [6.45, 7) is 6.82. The molecule has 14 heavy (non-hydrogen) atoms. The van der Waals surface area contributed by atoms with Crippen molar-refractivity contribution in [3.8, 4) is 0 Å². The van der Waals surface area contributed by atoms with E-state index in [1.54, 1.807) is 0 Å². The third-order valence-corrected chi connectivity index (χ3v) is 3.72. The fraction of sp³-hybridized carbons (Fsp3) is 1.00. The molecule has 84 valence electrons. The molecule has 2 atom stereocenters. The van der Waals surface area contributed by atoms with Gasteiger partial charge in [0.1, 0.15) is 0 Å². The zero-order chi connectivity index (χ0) is 10.6. The first-order chi connectivity index (χ1) is 6.60. The number of likely N-dealkylation sites (N-methyl/N-ethyl adjacent to an activating group) is 2. The Morgan fingerprint density at radius 1 is 1.43 bits per heavy atom. The quantitative estimate of drug-likeness (QED) is 0.744. The lowest BCUT2D eigenvalue weighted by atomic mass is 9.75. The molecule has 1 N–H and O–H groups in total. The lowest BCUT2D eigenvalue weighted by Gasteiger charge is -2.45. The van der Waals surface area contributed by atoms with Crippen molar-refractivity contribution in [2.24, 2.45) is 5.92 Å². The van der Waals surface area contributed by atoms with Crippen LogP contribution in [0.15, 0.2) is 0 Å². The molecule has 0 aromatic carbocycles. The molecule has 0 aromatic heterocycles. The van der Waals surface area contributed by atoms with Crippen molar-refractivity contribution in [2.45, 2.75) is 45.1 Å². The van der Waals surface area contributed by atoms with Gasteiger partial charge in [0.15, 0.2) is 0 Å². The van der Waals surface area contributed by atoms with E-state index in [4.69, 9.17) is 0 Å². The molecule has 0 aromatic rings. The van der Waals surface area contributed by atoms with Gasteiger partial charge in [-0.25, -0.2) is 0 Å². The highest BCUT2D eigenvalue weighted by molar-refractivity contribution is 4.94. The molecule has 2 nitrogen and oxygen atoms in total. The molecule has 0 radical (unpaired) electrons. The Morgan fingerprint density at radius 2 is 2.14 bits per heavy atom. The van der Waals surface area contributed by atoms with Crippen molar-refractivity contribution in [1.29, 1.82) is 0 Å².